The van der Waals surface area contributed by atoms with Crippen LogP contribution < -0.4 is 4.74 Å². The van der Waals surface area contributed by atoms with E-state index in [1.807, 2.05) is 73.3 Å². The van der Waals surface area contributed by atoms with E-state index < -0.39 is 10.0 Å². The number of thiophene rings is 1. The zero-order valence-corrected chi connectivity index (χ0v) is 22.5. The third-order valence-electron chi connectivity index (χ3n) is 6.19. The molecule has 36 heavy (non-hydrogen) atoms. The van der Waals surface area contributed by atoms with Crippen molar-refractivity contribution < 1.29 is 17.9 Å². The number of amides is 1. The second-order valence-electron chi connectivity index (χ2n) is 9.26. The topological polar surface area (TPSA) is 66.9 Å². The zero-order chi connectivity index (χ0) is 25.7. The number of sulfonamides is 1. The summed E-state index contributed by atoms with van der Waals surface area (Å²) >= 11 is 1.70. The fraction of sp³-hybridized carbons (Fsp3) is 0.321. The Morgan fingerprint density at radius 2 is 1.86 bits per heavy atom. The number of rotatable bonds is 9. The Morgan fingerprint density at radius 3 is 2.53 bits per heavy atom. The summed E-state index contributed by atoms with van der Waals surface area (Å²) in [6, 6.07) is 18.8. The zero-order valence-electron chi connectivity index (χ0n) is 20.8. The molecule has 2 heterocycles. The van der Waals surface area contributed by atoms with Gasteiger partial charge in [-0.1, -0.05) is 56.3 Å². The second-order valence-corrected chi connectivity index (χ2v) is 12.1. The number of nitrogens with zero attached hydrogens (tertiary/aromatic N) is 2. The molecule has 0 aliphatic carbocycles. The molecule has 0 fully saturated rings. The van der Waals surface area contributed by atoms with Gasteiger partial charge in [0.15, 0.2) is 0 Å². The van der Waals surface area contributed by atoms with Crippen LogP contribution >= 0.6 is 11.3 Å². The minimum absolute atomic E-state index is 0.0694. The van der Waals surface area contributed by atoms with Crippen molar-refractivity contribution in [1.29, 1.82) is 0 Å². The van der Waals surface area contributed by atoms with Crippen molar-refractivity contribution >= 4 is 33.3 Å². The van der Waals surface area contributed by atoms with E-state index in [1.165, 1.54) is 14.6 Å². The van der Waals surface area contributed by atoms with Crippen LogP contribution in [0.15, 0.2) is 71.5 Å². The van der Waals surface area contributed by atoms with Crippen LogP contribution in [0.3, 0.4) is 0 Å². The highest BCUT2D eigenvalue weighted by molar-refractivity contribution is 7.92. The molecule has 0 saturated heterocycles. The van der Waals surface area contributed by atoms with E-state index in [9.17, 15) is 13.2 Å². The lowest BCUT2D eigenvalue weighted by Crippen LogP contribution is -2.47. The molecule has 1 aliphatic rings. The molecule has 1 amide bonds. The molecule has 1 aliphatic heterocycles. The summed E-state index contributed by atoms with van der Waals surface area (Å²) in [5.74, 6) is 0.613. The number of carbonyl (C=O) groups is 1. The second kappa shape index (κ2) is 11.4. The third-order valence-corrected chi connectivity index (χ3v) is 8.66. The molecule has 2 aromatic carbocycles. The lowest BCUT2D eigenvalue weighted by atomic mass is 9.93. The highest BCUT2D eigenvalue weighted by Crippen LogP contribution is 2.38. The highest BCUT2D eigenvalue weighted by Gasteiger charge is 2.35. The van der Waals surface area contributed by atoms with Crippen LogP contribution in [-0.4, -0.2) is 50.3 Å². The van der Waals surface area contributed by atoms with Crippen LogP contribution in [0, 0.1) is 5.92 Å². The van der Waals surface area contributed by atoms with Crippen molar-refractivity contribution in [3.8, 4) is 5.75 Å². The van der Waals surface area contributed by atoms with Gasteiger partial charge in [-0.05, 0) is 58.7 Å². The summed E-state index contributed by atoms with van der Waals surface area (Å²) in [5.41, 5.74) is 2.87. The lowest BCUT2D eigenvalue weighted by Gasteiger charge is -2.37. The lowest BCUT2D eigenvalue weighted by molar-refractivity contribution is -0.133. The summed E-state index contributed by atoms with van der Waals surface area (Å²) in [5, 5.41) is 3.26. The fourth-order valence-electron chi connectivity index (χ4n) is 4.45. The van der Waals surface area contributed by atoms with Gasteiger partial charge in [0, 0.05) is 23.4 Å². The van der Waals surface area contributed by atoms with Crippen molar-refractivity contribution in [3.05, 3.63) is 93.0 Å². The van der Waals surface area contributed by atoms with Crippen LogP contribution in [0.4, 0.5) is 0 Å². The van der Waals surface area contributed by atoms with Gasteiger partial charge in [-0.2, -0.15) is 4.31 Å². The van der Waals surface area contributed by atoms with Crippen LogP contribution in [0.5, 0.6) is 5.75 Å². The van der Waals surface area contributed by atoms with Gasteiger partial charge in [-0.25, -0.2) is 8.42 Å². The summed E-state index contributed by atoms with van der Waals surface area (Å²) in [6.45, 7) is 4.50. The molecule has 1 unspecified atom stereocenters. The Bertz CT molecular complexity index is 1300. The van der Waals surface area contributed by atoms with E-state index in [0.29, 0.717) is 6.54 Å². The fourth-order valence-corrected chi connectivity index (χ4v) is 6.65. The van der Waals surface area contributed by atoms with Crippen molar-refractivity contribution in [2.75, 3.05) is 26.7 Å². The SMILES string of the molecule is COc1ccc(C2c3ccsc3CCN2C(=O)CN(CC(C)C)S(=O)(=O)/C=C/c2ccccc2)cc1. The Kier molecular flexibility index (Phi) is 8.28. The normalized spacial score (nSPS) is 16.0. The van der Waals surface area contributed by atoms with Crippen LogP contribution in [0.25, 0.3) is 6.08 Å². The summed E-state index contributed by atoms with van der Waals surface area (Å²) in [7, 11) is -2.18. The number of hydrogen-bond donors (Lipinski definition) is 0. The maximum Gasteiger partial charge on any atom is 0.238 e. The van der Waals surface area contributed by atoms with E-state index in [1.54, 1.807) is 24.5 Å². The molecule has 3 aromatic rings. The van der Waals surface area contributed by atoms with Crippen molar-refractivity contribution in [3.63, 3.8) is 0 Å². The average Bonchev–Trinajstić information content (AvgIpc) is 3.36. The van der Waals surface area contributed by atoms with Crippen molar-refractivity contribution in [1.82, 2.24) is 9.21 Å². The van der Waals surface area contributed by atoms with E-state index in [4.69, 9.17) is 4.74 Å². The number of methoxy groups -OCH3 is 1. The van der Waals surface area contributed by atoms with E-state index in [0.717, 1.165) is 28.9 Å². The Labute approximate surface area is 217 Å². The summed E-state index contributed by atoms with van der Waals surface area (Å²) < 4.78 is 33.2. The number of carbonyl (C=O) groups excluding carboxylic acids is 1. The first-order valence-electron chi connectivity index (χ1n) is 12.0. The molecule has 0 radical (unpaired) electrons. The van der Waals surface area contributed by atoms with Gasteiger partial charge in [-0.3, -0.25) is 4.79 Å². The first-order valence-corrected chi connectivity index (χ1v) is 14.4. The monoisotopic (exact) mass is 524 g/mol. The predicted octanol–water partition coefficient (Wildman–Crippen LogP) is 5.19. The number of hydrogen-bond acceptors (Lipinski definition) is 5. The van der Waals surface area contributed by atoms with Gasteiger partial charge in [0.2, 0.25) is 15.9 Å². The summed E-state index contributed by atoms with van der Waals surface area (Å²) in [6.07, 6.45) is 2.34. The van der Waals surface area contributed by atoms with Gasteiger partial charge >= 0.3 is 0 Å². The maximum absolute atomic E-state index is 13.7. The van der Waals surface area contributed by atoms with Crippen molar-refractivity contribution in [2.24, 2.45) is 5.92 Å². The van der Waals surface area contributed by atoms with Gasteiger partial charge in [0.1, 0.15) is 5.75 Å². The number of fused-ring (bicyclic) bond motifs is 1. The predicted molar refractivity (Wildman–Crippen MR) is 145 cm³/mol. The molecular formula is C28H32N2O4S2. The molecule has 0 bridgehead atoms. The highest BCUT2D eigenvalue weighted by atomic mass is 32.2. The summed E-state index contributed by atoms with van der Waals surface area (Å²) in [4.78, 5) is 16.8. The number of ether oxygens (including phenoxy) is 1. The van der Waals surface area contributed by atoms with Gasteiger partial charge in [0.05, 0.1) is 19.7 Å². The van der Waals surface area contributed by atoms with Crippen LogP contribution in [-0.2, 0) is 21.2 Å². The molecule has 4 rings (SSSR count). The minimum Gasteiger partial charge on any atom is -0.497 e. The molecule has 8 heteroatoms. The average molecular weight is 525 g/mol. The first-order chi connectivity index (χ1) is 17.3. The van der Waals surface area contributed by atoms with Crippen LogP contribution in [0.1, 0.15) is 41.5 Å². The molecular weight excluding hydrogens is 492 g/mol. The van der Waals surface area contributed by atoms with Crippen LogP contribution in [0.2, 0.25) is 0 Å². The third kappa shape index (κ3) is 6.06. The standard InChI is InChI=1S/C28H32N2O4S2/c1-21(2)19-29(36(32,33)18-15-22-7-5-4-6-8-22)20-27(31)30-16-13-26-25(14-17-35-26)28(30)23-9-11-24(34-3)12-10-23/h4-12,14-15,17-18,21,28H,13,16,19-20H2,1-3H3/b18-15+. The van der Waals surface area contributed by atoms with E-state index in [2.05, 4.69) is 11.4 Å². The molecule has 0 saturated carbocycles. The molecule has 0 N–H and O–H groups in total. The van der Waals surface area contributed by atoms with E-state index >= 15 is 0 Å². The quantitative estimate of drug-likeness (QED) is 0.386. The Hall–Kier alpha value is -2.94. The molecule has 1 aromatic heterocycles. The number of benzene rings is 2. The Morgan fingerprint density at radius 1 is 1.14 bits per heavy atom. The maximum atomic E-state index is 13.7. The van der Waals surface area contributed by atoms with Gasteiger partial charge < -0.3 is 9.64 Å². The molecule has 1 atom stereocenters. The van der Waals surface area contributed by atoms with Gasteiger partial charge in [-0.15, -0.1) is 11.3 Å². The van der Waals surface area contributed by atoms with Gasteiger partial charge in [0.25, 0.3) is 0 Å². The first kappa shape index (κ1) is 26.1. The molecule has 190 valence electrons. The molecule has 0 spiro atoms. The minimum atomic E-state index is -3.80. The Balaban J connectivity index is 1.61. The van der Waals surface area contributed by atoms with Crippen molar-refractivity contribution in [2.45, 2.75) is 26.3 Å². The largest absolute Gasteiger partial charge is 0.497 e. The smallest absolute Gasteiger partial charge is 0.238 e. The molecule has 6 nitrogen and oxygen atoms in total. The van der Waals surface area contributed by atoms with E-state index in [-0.39, 0.29) is 31.0 Å².